The Balaban J connectivity index is 2.13. The van der Waals surface area contributed by atoms with Crippen molar-refractivity contribution in [3.8, 4) is 11.5 Å². The van der Waals surface area contributed by atoms with Gasteiger partial charge >= 0.3 is 0 Å². The van der Waals surface area contributed by atoms with Crippen LogP contribution in [0, 0.1) is 0 Å². The van der Waals surface area contributed by atoms with Gasteiger partial charge in [-0.05, 0) is 37.1 Å². The third kappa shape index (κ3) is 6.78. The first kappa shape index (κ1) is 18.3. The maximum Gasteiger partial charge on any atom is 0.243 e. The molecule has 0 spiro atoms. The van der Waals surface area contributed by atoms with Crippen LogP contribution < -0.4 is 20.3 Å². The molecule has 1 aromatic rings. The van der Waals surface area contributed by atoms with Gasteiger partial charge in [-0.25, -0.2) is 5.48 Å². The lowest BCUT2D eigenvalue weighted by atomic mass is 10.1. The molecule has 0 aliphatic heterocycles. The van der Waals surface area contributed by atoms with Crippen LogP contribution in [0.15, 0.2) is 18.2 Å². The lowest BCUT2D eigenvalue weighted by Gasteiger charge is -2.10. The van der Waals surface area contributed by atoms with Gasteiger partial charge in [0.25, 0.3) is 0 Å². The van der Waals surface area contributed by atoms with Crippen LogP contribution in [0.1, 0.15) is 37.7 Å². The standard InChI is InChI=1S/C16H26N2O4/c1-21-14-9-8-13(11-15(14)22-2)12-17-10-6-4-3-5-7-16(19)18-20/h8-9,11,17,20H,3-7,10,12H2,1-2H3,(H,18,19). The van der Waals surface area contributed by atoms with Gasteiger partial charge in [0.15, 0.2) is 11.5 Å². The fourth-order valence-electron chi connectivity index (χ4n) is 2.17. The van der Waals surface area contributed by atoms with Gasteiger partial charge in [0.1, 0.15) is 0 Å². The molecule has 0 saturated carbocycles. The summed E-state index contributed by atoms with van der Waals surface area (Å²) in [5, 5.41) is 11.7. The van der Waals surface area contributed by atoms with Gasteiger partial charge in [0, 0.05) is 13.0 Å². The van der Waals surface area contributed by atoms with Gasteiger partial charge in [-0.2, -0.15) is 0 Å². The minimum atomic E-state index is -0.313. The molecule has 0 saturated heterocycles. The van der Waals surface area contributed by atoms with Gasteiger partial charge in [-0.3, -0.25) is 10.0 Å². The summed E-state index contributed by atoms with van der Waals surface area (Å²) >= 11 is 0. The van der Waals surface area contributed by atoms with Crippen molar-refractivity contribution in [2.75, 3.05) is 20.8 Å². The summed E-state index contributed by atoms with van der Waals surface area (Å²) in [5.74, 6) is 1.16. The van der Waals surface area contributed by atoms with Crippen molar-refractivity contribution < 1.29 is 19.5 Å². The number of benzene rings is 1. The second kappa shape index (κ2) is 10.9. The van der Waals surface area contributed by atoms with E-state index in [0.717, 1.165) is 55.8 Å². The van der Waals surface area contributed by atoms with E-state index in [4.69, 9.17) is 14.7 Å². The Hall–Kier alpha value is -1.79. The Bertz CT molecular complexity index is 452. The van der Waals surface area contributed by atoms with Crippen molar-refractivity contribution in [3.63, 3.8) is 0 Å². The number of nitrogens with one attached hydrogen (secondary N) is 2. The number of hydrogen-bond acceptors (Lipinski definition) is 5. The van der Waals surface area contributed by atoms with Gasteiger partial charge in [0.05, 0.1) is 14.2 Å². The van der Waals surface area contributed by atoms with Crippen LogP contribution in [0.5, 0.6) is 11.5 Å². The zero-order valence-electron chi connectivity index (χ0n) is 13.4. The Morgan fingerprint density at radius 1 is 1.09 bits per heavy atom. The zero-order valence-corrected chi connectivity index (χ0v) is 13.4. The molecule has 0 heterocycles. The lowest BCUT2D eigenvalue weighted by molar-refractivity contribution is -0.129. The molecule has 0 fully saturated rings. The third-order valence-electron chi connectivity index (χ3n) is 3.41. The molecule has 0 bridgehead atoms. The molecule has 0 aromatic heterocycles. The minimum absolute atomic E-state index is 0.313. The Morgan fingerprint density at radius 2 is 1.82 bits per heavy atom. The lowest BCUT2D eigenvalue weighted by Crippen LogP contribution is -2.17. The van der Waals surface area contributed by atoms with Gasteiger partial charge < -0.3 is 14.8 Å². The third-order valence-corrected chi connectivity index (χ3v) is 3.41. The molecular formula is C16H26N2O4. The molecule has 6 heteroatoms. The molecule has 0 radical (unpaired) electrons. The predicted octanol–water partition coefficient (Wildman–Crippen LogP) is 2.25. The molecule has 0 unspecified atom stereocenters. The van der Waals surface area contributed by atoms with Crippen LogP contribution in [-0.4, -0.2) is 31.9 Å². The number of carbonyl (C=O) groups excluding carboxylic acids is 1. The second-order valence-electron chi connectivity index (χ2n) is 5.07. The second-order valence-corrected chi connectivity index (χ2v) is 5.07. The smallest absolute Gasteiger partial charge is 0.243 e. The van der Waals surface area contributed by atoms with E-state index in [0.29, 0.717) is 6.42 Å². The zero-order chi connectivity index (χ0) is 16.2. The van der Waals surface area contributed by atoms with Crippen LogP contribution in [0.4, 0.5) is 0 Å². The van der Waals surface area contributed by atoms with E-state index >= 15 is 0 Å². The van der Waals surface area contributed by atoms with Crippen molar-refractivity contribution in [2.24, 2.45) is 0 Å². The minimum Gasteiger partial charge on any atom is -0.493 e. The average molecular weight is 310 g/mol. The van der Waals surface area contributed by atoms with Gasteiger partial charge in [-0.1, -0.05) is 18.9 Å². The topological polar surface area (TPSA) is 79.8 Å². The molecule has 124 valence electrons. The van der Waals surface area contributed by atoms with Crippen LogP contribution in [0.25, 0.3) is 0 Å². The maximum absolute atomic E-state index is 10.8. The quantitative estimate of drug-likeness (QED) is 0.332. The fourth-order valence-corrected chi connectivity index (χ4v) is 2.17. The monoisotopic (exact) mass is 310 g/mol. The number of methoxy groups -OCH3 is 2. The SMILES string of the molecule is COc1ccc(CNCCCCCCC(=O)NO)cc1OC. The normalized spacial score (nSPS) is 10.3. The largest absolute Gasteiger partial charge is 0.493 e. The van der Waals surface area contributed by atoms with Crippen molar-refractivity contribution in [1.29, 1.82) is 0 Å². The highest BCUT2D eigenvalue weighted by Crippen LogP contribution is 2.27. The van der Waals surface area contributed by atoms with Crippen LogP contribution in [-0.2, 0) is 11.3 Å². The molecule has 22 heavy (non-hydrogen) atoms. The van der Waals surface area contributed by atoms with Crippen molar-refractivity contribution in [1.82, 2.24) is 10.8 Å². The van der Waals surface area contributed by atoms with Gasteiger partial charge in [-0.15, -0.1) is 0 Å². The number of unbranched alkanes of at least 4 members (excludes halogenated alkanes) is 3. The van der Waals surface area contributed by atoms with Crippen molar-refractivity contribution in [3.05, 3.63) is 23.8 Å². The number of ether oxygens (including phenoxy) is 2. The fraction of sp³-hybridized carbons (Fsp3) is 0.562. The summed E-state index contributed by atoms with van der Waals surface area (Å²) in [6.45, 7) is 1.72. The number of rotatable bonds is 11. The summed E-state index contributed by atoms with van der Waals surface area (Å²) in [4.78, 5) is 10.8. The molecule has 0 aliphatic carbocycles. The molecule has 0 aliphatic rings. The summed E-state index contributed by atoms with van der Waals surface area (Å²) < 4.78 is 10.5. The molecule has 3 N–H and O–H groups in total. The van der Waals surface area contributed by atoms with Crippen molar-refractivity contribution >= 4 is 5.91 Å². The number of hydroxylamine groups is 1. The molecule has 1 aromatic carbocycles. The summed E-state index contributed by atoms with van der Waals surface area (Å²) in [7, 11) is 3.26. The average Bonchev–Trinajstić information content (AvgIpc) is 2.56. The number of hydrogen-bond donors (Lipinski definition) is 3. The van der Waals surface area contributed by atoms with E-state index < -0.39 is 0 Å². The highest BCUT2D eigenvalue weighted by atomic mass is 16.5. The Kier molecular flexibility index (Phi) is 9.02. The van der Waals surface area contributed by atoms with E-state index in [9.17, 15) is 4.79 Å². The highest BCUT2D eigenvalue weighted by molar-refractivity contribution is 5.74. The van der Waals surface area contributed by atoms with E-state index in [1.54, 1.807) is 19.7 Å². The summed E-state index contributed by atoms with van der Waals surface area (Å²) in [6, 6.07) is 5.89. The summed E-state index contributed by atoms with van der Waals surface area (Å²) in [5.41, 5.74) is 2.79. The molecular weight excluding hydrogens is 284 g/mol. The van der Waals surface area contributed by atoms with E-state index in [1.807, 2.05) is 18.2 Å². The van der Waals surface area contributed by atoms with E-state index in [1.165, 1.54) is 0 Å². The highest BCUT2D eigenvalue weighted by Gasteiger charge is 2.04. The maximum atomic E-state index is 10.8. The summed E-state index contributed by atoms with van der Waals surface area (Å²) in [6.07, 6.45) is 4.31. The van der Waals surface area contributed by atoms with Crippen LogP contribution in [0.2, 0.25) is 0 Å². The molecule has 1 rings (SSSR count). The molecule has 6 nitrogen and oxygen atoms in total. The first-order valence-corrected chi connectivity index (χ1v) is 7.55. The Labute approximate surface area is 131 Å². The van der Waals surface area contributed by atoms with Gasteiger partial charge in [0.2, 0.25) is 5.91 Å². The van der Waals surface area contributed by atoms with Crippen LogP contribution in [0.3, 0.4) is 0 Å². The first-order valence-electron chi connectivity index (χ1n) is 7.55. The first-order chi connectivity index (χ1) is 10.7. The number of amides is 1. The molecule has 1 amide bonds. The predicted molar refractivity (Wildman–Crippen MR) is 84.3 cm³/mol. The molecule has 0 atom stereocenters. The van der Waals surface area contributed by atoms with E-state index in [-0.39, 0.29) is 5.91 Å². The number of carbonyl (C=O) groups is 1. The van der Waals surface area contributed by atoms with E-state index in [2.05, 4.69) is 5.32 Å². The van der Waals surface area contributed by atoms with Crippen molar-refractivity contribution in [2.45, 2.75) is 38.6 Å². The van der Waals surface area contributed by atoms with Crippen LogP contribution >= 0.6 is 0 Å². The Morgan fingerprint density at radius 3 is 2.50 bits per heavy atom.